The van der Waals surface area contributed by atoms with Crippen molar-refractivity contribution in [1.29, 1.82) is 0 Å². The molecule has 0 aromatic heterocycles. The zero-order chi connectivity index (χ0) is 13.3. The van der Waals surface area contributed by atoms with Crippen molar-refractivity contribution in [2.75, 3.05) is 0 Å². The molecule has 0 aromatic rings. The van der Waals surface area contributed by atoms with Gasteiger partial charge in [0.1, 0.15) is 0 Å². The molecule has 0 aliphatic rings. The minimum Gasteiger partial charge on any atom is -0.481 e. The molecule has 0 aliphatic heterocycles. The zero-order valence-corrected chi connectivity index (χ0v) is 13.2. The molecular weight excluding hydrogens is 228 g/mol. The molecule has 0 saturated carbocycles. The summed E-state index contributed by atoms with van der Waals surface area (Å²) < 4.78 is 0. The molecule has 1 atom stereocenters. The van der Waals surface area contributed by atoms with Gasteiger partial charge in [-0.1, -0.05) is 65.5 Å². The summed E-state index contributed by atoms with van der Waals surface area (Å²) in [4.78, 5) is 11.7. The van der Waals surface area contributed by atoms with Crippen LogP contribution < -0.4 is 0 Å². The van der Waals surface area contributed by atoms with E-state index >= 15 is 0 Å². The molecule has 2 nitrogen and oxygen atoms in total. The van der Waals surface area contributed by atoms with Gasteiger partial charge in [-0.15, -0.1) is 0 Å². The van der Waals surface area contributed by atoms with Crippen LogP contribution in [0, 0.1) is 0 Å². The molecule has 3 heteroatoms. The highest BCUT2D eigenvalue weighted by Gasteiger charge is 2.40. The van der Waals surface area contributed by atoms with Crippen molar-refractivity contribution in [1.82, 2.24) is 0 Å². The van der Waals surface area contributed by atoms with Gasteiger partial charge < -0.3 is 5.11 Å². The third-order valence-electron chi connectivity index (χ3n) is 3.98. The van der Waals surface area contributed by atoms with Crippen LogP contribution >= 0.6 is 0 Å². The monoisotopic (exact) mass is 258 g/mol. The topological polar surface area (TPSA) is 37.3 Å². The van der Waals surface area contributed by atoms with Crippen LogP contribution in [-0.2, 0) is 4.79 Å². The summed E-state index contributed by atoms with van der Waals surface area (Å²) in [5.41, 5.74) is 0. The Morgan fingerprint density at radius 2 is 1.53 bits per heavy atom. The number of unbranched alkanes of at least 4 members (excludes halogenated alkanes) is 4. The van der Waals surface area contributed by atoms with Crippen molar-refractivity contribution < 1.29 is 9.90 Å². The van der Waals surface area contributed by atoms with E-state index in [1.165, 1.54) is 19.3 Å². The van der Waals surface area contributed by atoms with Gasteiger partial charge in [0.05, 0.1) is 13.8 Å². The van der Waals surface area contributed by atoms with Gasteiger partial charge in [0.15, 0.2) is 0 Å². The Kier molecular flexibility index (Phi) is 8.57. The predicted octanol–water partition coefficient (Wildman–Crippen LogP) is 4.46. The van der Waals surface area contributed by atoms with E-state index in [2.05, 4.69) is 26.9 Å². The van der Waals surface area contributed by atoms with Crippen molar-refractivity contribution in [3.8, 4) is 0 Å². The molecule has 0 amide bonds. The molecule has 0 saturated heterocycles. The van der Waals surface area contributed by atoms with Crippen molar-refractivity contribution in [2.45, 2.75) is 83.3 Å². The molecule has 17 heavy (non-hydrogen) atoms. The van der Waals surface area contributed by atoms with Gasteiger partial charge in [-0.25, -0.2) is 0 Å². The van der Waals surface area contributed by atoms with Gasteiger partial charge in [0.2, 0.25) is 0 Å². The number of carbonyl (C=O) groups is 1. The Hall–Kier alpha value is -0.313. The lowest BCUT2D eigenvalue weighted by Gasteiger charge is -2.33. The molecular formula is C14H30O2Si. The van der Waals surface area contributed by atoms with Crippen LogP contribution in [0.3, 0.4) is 0 Å². The van der Waals surface area contributed by atoms with Gasteiger partial charge in [-0.3, -0.25) is 4.79 Å². The molecule has 0 aliphatic carbocycles. The van der Waals surface area contributed by atoms with Crippen molar-refractivity contribution >= 4 is 14.8 Å². The highest BCUT2D eigenvalue weighted by molar-refractivity contribution is 6.63. The van der Waals surface area contributed by atoms with Crippen LogP contribution in [0.4, 0.5) is 0 Å². The number of carboxylic acid groups (broad SMARTS) is 1. The fraction of sp³-hybridized carbons (Fsp3) is 0.929. The maximum absolute atomic E-state index is 11.7. The summed E-state index contributed by atoms with van der Waals surface area (Å²) in [5, 5.41) is 9.27. The predicted molar refractivity (Wildman–Crippen MR) is 77.5 cm³/mol. The molecule has 0 heterocycles. The zero-order valence-electron chi connectivity index (χ0n) is 12.1. The van der Waals surface area contributed by atoms with Gasteiger partial charge >= 0.3 is 5.97 Å². The lowest BCUT2D eigenvalue weighted by atomic mass is 9.94. The van der Waals surface area contributed by atoms with E-state index in [-0.39, 0.29) is 5.04 Å². The second-order valence-electron chi connectivity index (χ2n) is 5.53. The fourth-order valence-corrected chi connectivity index (χ4v) is 4.58. The lowest BCUT2D eigenvalue weighted by Crippen LogP contribution is -2.35. The standard InChI is InChI=1S/C14H30O2Si/c1-5-7-9-10-12-14(13(15)16,17(3)4)11-8-6-2/h17H,5-12H2,1-4H3,(H,15,16). The maximum atomic E-state index is 11.7. The van der Waals surface area contributed by atoms with E-state index < -0.39 is 14.8 Å². The highest BCUT2D eigenvalue weighted by Crippen LogP contribution is 2.42. The average molecular weight is 258 g/mol. The molecule has 0 rings (SSSR count). The Balaban J connectivity index is 4.50. The summed E-state index contributed by atoms with van der Waals surface area (Å²) >= 11 is 0. The molecule has 1 unspecified atom stereocenters. The Labute approximate surface area is 108 Å². The number of rotatable bonds is 10. The first kappa shape index (κ1) is 16.7. The van der Waals surface area contributed by atoms with Gasteiger partial charge in [-0.2, -0.15) is 0 Å². The fourth-order valence-electron chi connectivity index (χ4n) is 2.52. The third kappa shape index (κ3) is 5.24. The molecule has 1 N–H and O–H groups in total. The molecule has 0 aromatic carbocycles. The average Bonchev–Trinajstić information content (AvgIpc) is 2.27. The minimum absolute atomic E-state index is 0.344. The molecule has 0 spiro atoms. The van der Waals surface area contributed by atoms with Gasteiger partial charge in [0.25, 0.3) is 0 Å². The highest BCUT2D eigenvalue weighted by atomic mass is 28.3. The Morgan fingerprint density at radius 3 is 1.94 bits per heavy atom. The van der Waals surface area contributed by atoms with Crippen LogP contribution in [0.1, 0.15) is 65.2 Å². The molecule has 0 bridgehead atoms. The molecule has 102 valence electrons. The number of aliphatic carboxylic acids is 1. The van der Waals surface area contributed by atoms with Crippen LogP contribution in [0.5, 0.6) is 0 Å². The first-order valence-corrected chi connectivity index (χ1v) is 10.1. The van der Waals surface area contributed by atoms with Crippen LogP contribution in [0.15, 0.2) is 0 Å². The largest absolute Gasteiger partial charge is 0.481 e. The van der Waals surface area contributed by atoms with E-state index in [0.29, 0.717) is 0 Å². The minimum atomic E-state index is -1.16. The van der Waals surface area contributed by atoms with E-state index in [1.807, 2.05) is 0 Å². The SMILES string of the molecule is CCCCCCC(CCCC)(C(=O)O)[SiH](C)C. The quantitative estimate of drug-likeness (QED) is 0.464. The Bertz CT molecular complexity index is 216. The maximum Gasteiger partial charge on any atom is 0.306 e. The lowest BCUT2D eigenvalue weighted by molar-refractivity contribution is -0.141. The summed E-state index contributed by atoms with van der Waals surface area (Å²) in [6.45, 7) is 8.73. The van der Waals surface area contributed by atoms with Crippen molar-refractivity contribution in [3.05, 3.63) is 0 Å². The van der Waals surface area contributed by atoms with Gasteiger partial charge in [0, 0.05) is 0 Å². The summed E-state index contributed by atoms with van der Waals surface area (Å²) in [6, 6.07) is 0. The van der Waals surface area contributed by atoms with Crippen LogP contribution in [0.25, 0.3) is 0 Å². The number of hydrogen-bond acceptors (Lipinski definition) is 1. The molecule has 0 radical (unpaired) electrons. The van der Waals surface area contributed by atoms with Crippen LogP contribution in [-0.4, -0.2) is 19.9 Å². The molecule has 0 fully saturated rings. The Morgan fingerprint density at radius 1 is 1.00 bits per heavy atom. The third-order valence-corrected chi connectivity index (χ3v) is 7.02. The smallest absolute Gasteiger partial charge is 0.306 e. The second kappa shape index (κ2) is 8.73. The summed E-state index contributed by atoms with van der Waals surface area (Å²) in [6.07, 6.45) is 8.71. The summed E-state index contributed by atoms with van der Waals surface area (Å²) in [7, 11) is -1.16. The summed E-state index contributed by atoms with van der Waals surface area (Å²) in [5.74, 6) is -0.524. The number of carboxylic acids is 1. The van der Waals surface area contributed by atoms with E-state index in [1.54, 1.807) is 0 Å². The first-order chi connectivity index (χ1) is 8.01. The van der Waals surface area contributed by atoms with E-state index in [9.17, 15) is 9.90 Å². The van der Waals surface area contributed by atoms with Gasteiger partial charge in [-0.05, 0) is 12.8 Å². The van der Waals surface area contributed by atoms with Crippen molar-refractivity contribution in [2.24, 2.45) is 0 Å². The normalized spacial score (nSPS) is 14.9. The second-order valence-corrected chi connectivity index (χ2v) is 8.94. The first-order valence-electron chi connectivity index (χ1n) is 7.24. The van der Waals surface area contributed by atoms with E-state index in [4.69, 9.17) is 0 Å². The number of hydrogen-bond donors (Lipinski definition) is 1. The van der Waals surface area contributed by atoms with Crippen molar-refractivity contribution in [3.63, 3.8) is 0 Å². The van der Waals surface area contributed by atoms with E-state index in [0.717, 1.165) is 32.1 Å². The van der Waals surface area contributed by atoms with Crippen LogP contribution in [0.2, 0.25) is 18.1 Å².